The van der Waals surface area contributed by atoms with Crippen molar-refractivity contribution in [3.05, 3.63) is 15.6 Å². The normalized spacial score (nSPS) is 10.7. The summed E-state index contributed by atoms with van der Waals surface area (Å²) in [7, 11) is 2.96. The smallest absolute Gasteiger partial charge is 0.244 e. The van der Waals surface area contributed by atoms with E-state index in [-0.39, 0.29) is 4.74 Å². The predicted molar refractivity (Wildman–Crippen MR) is 72.6 cm³/mol. The number of unbranched alkanes of at least 4 members (excludes halogenated alkanes) is 5. The lowest BCUT2D eigenvalue weighted by molar-refractivity contribution is 0.627. The molecule has 0 radical (unpaired) electrons. The van der Waals surface area contributed by atoms with Crippen LogP contribution in [0.2, 0.25) is 0 Å². The van der Waals surface area contributed by atoms with Gasteiger partial charge in [0.1, 0.15) is 0 Å². The monoisotopic (exact) mass is 262 g/mol. The van der Waals surface area contributed by atoms with Crippen LogP contribution in [0.25, 0.3) is 0 Å². The molecule has 0 saturated carbocycles. The van der Waals surface area contributed by atoms with Crippen LogP contribution in [-0.4, -0.2) is 5.75 Å². The molecule has 0 amide bonds. The summed E-state index contributed by atoms with van der Waals surface area (Å²) in [6.45, 7) is 2.24. The Kier molecular flexibility index (Phi) is 7.40. The van der Waals surface area contributed by atoms with Gasteiger partial charge in [-0.2, -0.15) is 0 Å². The summed E-state index contributed by atoms with van der Waals surface area (Å²) in [6, 6.07) is 1.76. The zero-order valence-corrected chi connectivity index (χ0v) is 11.6. The molecule has 0 bridgehead atoms. The fraction of sp³-hybridized carbons (Fsp3) is 0.727. The summed E-state index contributed by atoms with van der Waals surface area (Å²) in [4.78, 5) is 10.9. The van der Waals surface area contributed by atoms with Gasteiger partial charge in [0.2, 0.25) is 4.74 Å². The van der Waals surface area contributed by atoms with Gasteiger partial charge in [0.25, 0.3) is 0 Å². The van der Waals surface area contributed by atoms with E-state index in [4.69, 9.17) is 0 Å². The Labute approximate surface area is 103 Å². The van der Waals surface area contributed by atoms with Crippen LogP contribution in [0.1, 0.15) is 45.4 Å². The maximum Gasteiger partial charge on any atom is 0.244 e. The van der Waals surface area contributed by atoms with Crippen molar-refractivity contribution in [2.24, 2.45) is 0 Å². The zero-order valence-electron chi connectivity index (χ0n) is 9.16. The van der Waals surface area contributed by atoms with Gasteiger partial charge in [-0.05, 0) is 22.5 Å². The molecule has 1 aromatic heterocycles. The minimum Gasteiger partial charge on any atom is -0.277 e. The van der Waals surface area contributed by atoms with Crippen LogP contribution in [0.15, 0.2) is 15.1 Å². The average Bonchev–Trinajstić information content (AvgIpc) is 2.63. The molecule has 1 heterocycles. The summed E-state index contributed by atoms with van der Waals surface area (Å²) >= 11 is 1.83. The van der Waals surface area contributed by atoms with Gasteiger partial charge in [0.05, 0.1) is 4.21 Å². The largest absolute Gasteiger partial charge is 0.277 e. The van der Waals surface area contributed by atoms with E-state index in [1.54, 1.807) is 16.4 Å². The van der Waals surface area contributed by atoms with Crippen LogP contribution in [0.3, 0.4) is 0 Å². The highest BCUT2D eigenvalue weighted by Gasteiger charge is 1.98. The van der Waals surface area contributed by atoms with E-state index in [0.717, 1.165) is 0 Å². The molecule has 0 N–H and O–H groups in total. The second-order valence-corrected chi connectivity index (χ2v) is 7.14. The van der Waals surface area contributed by atoms with Gasteiger partial charge in [-0.25, -0.2) is 0 Å². The fourth-order valence-corrected chi connectivity index (χ4v) is 4.69. The van der Waals surface area contributed by atoms with Crippen molar-refractivity contribution < 1.29 is 0 Å². The number of hydrogen-bond acceptors (Lipinski definition) is 4. The Morgan fingerprint density at radius 2 is 1.87 bits per heavy atom. The van der Waals surface area contributed by atoms with Crippen molar-refractivity contribution in [1.82, 2.24) is 0 Å². The lowest BCUT2D eigenvalue weighted by Crippen LogP contribution is -1.83. The van der Waals surface area contributed by atoms with Crippen molar-refractivity contribution >= 4 is 32.4 Å². The maximum absolute atomic E-state index is 10.9. The molecule has 0 aromatic carbocycles. The van der Waals surface area contributed by atoms with Gasteiger partial charge in [0.15, 0.2) is 0 Å². The first kappa shape index (κ1) is 13.3. The van der Waals surface area contributed by atoms with E-state index < -0.39 is 0 Å². The Morgan fingerprint density at radius 3 is 2.53 bits per heavy atom. The molecular formula is C11H18OS3. The molecule has 0 aliphatic rings. The van der Waals surface area contributed by atoms with E-state index in [0.29, 0.717) is 0 Å². The lowest BCUT2D eigenvalue weighted by atomic mass is 10.1. The SMILES string of the molecule is CCCCCCCCSc1cc(=O)ss1. The van der Waals surface area contributed by atoms with Crippen molar-refractivity contribution in [2.75, 3.05) is 5.75 Å². The third-order valence-corrected chi connectivity index (χ3v) is 5.93. The minimum absolute atomic E-state index is 0.199. The van der Waals surface area contributed by atoms with E-state index in [9.17, 15) is 4.79 Å². The quantitative estimate of drug-likeness (QED) is 0.386. The molecule has 0 spiro atoms. The van der Waals surface area contributed by atoms with Crippen molar-refractivity contribution in [3.8, 4) is 0 Å². The average molecular weight is 262 g/mol. The molecule has 0 unspecified atom stereocenters. The maximum atomic E-state index is 10.9. The highest BCUT2D eigenvalue weighted by atomic mass is 32.9. The highest BCUT2D eigenvalue weighted by molar-refractivity contribution is 8.02. The second kappa shape index (κ2) is 8.36. The third kappa shape index (κ3) is 6.38. The van der Waals surface area contributed by atoms with Crippen LogP contribution in [-0.2, 0) is 0 Å². The molecule has 1 nitrogen and oxygen atoms in total. The van der Waals surface area contributed by atoms with Gasteiger partial charge >= 0.3 is 0 Å². The summed E-state index contributed by atoms with van der Waals surface area (Å²) < 4.78 is 1.39. The third-order valence-electron chi connectivity index (χ3n) is 2.18. The Hall–Kier alpha value is 0.200. The van der Waals surface area contributed by atoms with Crippen molar-refractivity contribution in [1.29, 1.82) is 0 Å². The highest BCUT2D eigenvalue weighted by Crippen LogP contribution is 2.25. The standard InChI is InChI=1S/C11H18OS3/c1-2-3-4-5-6-7-8-13-11-9-10(12)14-15-11/h9H,2-8H2,1H3. The Morgan fingerprint density at radius 1 is 1.13 bits per heavy atom. The number of thioether (sulfide) groups is 1. The van der Waals surface area contributed by atoms with Crippen LogP contribution in [0, 0.1) is 0 Å². The topological polar surface area (TPSA) is 17.1 Å². The molecule has 0 saturated heterocycles. The van der Waals surface area contributed by atoms with Crippen LogP contribution >= 0.6 is 32.4 Å². The summed E-state index contributed by atoms with van der Waals surface area (Å²) in [6.07, 6.45) is 8.06. The summed E-state index contributed by atoms with van der Waals surface area (Å²) in [5.74, 6) is 1.17. The van der Waals surface area contributed by atoms with E-state index >= 15 is 0 Å². The Balaban J connectivity index is 1.95. The number of hydrogen-bond donors (Lipinski definition) is 0. The molecule has 4 heteroatoms. The molecule has 0 aliphatic heterocycles. The molecule has 0 aliphatic carbocycles. The van der Waals surface area contributed by atoms with Gasteiger partial charge in [-0.3, -0.25) is 4.79 Å². The van der Waals surface area contributed by atoms with E-state index in [1.807, 2.05) is 11.8 Å². The predicted octanol–water partition coefficient (Wildman–Crippen LogP) is 4.62. The fourth-order valence-electron chi connectivity index (χ4n) is 1.35. The summed E-state index contributed by atoms with van der Waals surface area (Å²) in [5.41, 5.74) is 0. The minimum atomic E-state index is 0.199. The van der Waals surface area contributed by atoms with Gasteiger partial charge in [-0.1, -0.05) is 49.4 Å². The molecule has 0 atom stereocenters. The van der Waals surface area contributed by atoms with Gasteiger partial charge in [0, 0.05) is 6.07 Å². The summed E-state index contributed by atoms with van der Waals surface area (Å²) in [5, 5.41) is 0. The molecular weight excluding hydrogens is 244 g/mol. The van der Waals surface area contributed by atoms with E-state index in [1.165, 1.54) is 58.8 Å². The molecule has 1 aromatic rings. The molecule has 15 heavy (non-hydrogen) atoms. The first-order valence-electron chi connectivity index (χ1n) is 5.56. The molecule has 0 fully saturated rings. The lowest BCUT2D eigenvalue weighted by Gasteiger charge is -1.99. The van der Waals surface area contributed by atoms with Crippen molar-refractivity contribution in [3.63, 3.8) is 0 Å². The van der Waals surface area contributed by atoms with Crippen LogP contribution < -0.4 is 4.74 Å². The number of rotatable bonds is 8. The van der Waals surface area contributed by atoms with E-state index in [2.05, 4.69) is 6.92 Å². The van der Waals surface area contributed by atoms with Crippen LogP contribution in [0.5, 0.6) is 0 Å². The molecule has 86 valence electrons. The Bertz CT molecular complexity index is 303. The second-order valence-electron chi connectivity index (χ2n) is 3.57. The van der Waals surface area contributed by atoms with Gasteiger partial charge in [-0.15, -0.1) is 11.8 Å². The first-order valence-corrected chi connectivity index (χ1v) is 8.69. The van der Waals surface area contributed by atoms with Crippen molar-refractivity contribution in [2.45, 2.75) is 49.7 Å². The molecule has 1 rings (SSSR count). The zero-order chi connectivity index (χ0) is 10.9. The van der Waals surface area contributed by atoms with Gasteiger partial charge < -0.3 is 0 Å². The first-order chi connectivity index (χ1) is 7.33. The van der Waals surface area contributed by atoms with Crippen LogP contribution in [0.4, 0.5) is 0 Å².